The van der Waals surface area contributed by atoms with Crippen LogP contribution in [0.4, 0.5) is 0 Å². The van der Waals surface area contributed by atoms with Gasteiger partial charge in [0.1, 0.15) is 24.2 Å². The fraction of sp³-hybridized carbons (Fsp3) is 0.619. The van der Waals surface area contributed by atoms with E-state index in [0.29, 0.717) is 0 Å². The zero-order chi connectivity index (χ0) is 31.0. The second-order valence-corrected chi connectivity index (χ2v) is 8.96. The van der Waals surface area contributed by atoms with Crippen molar-refractivity contribution in [2.24, 2.45) is 27.9 Å². The summed E-state index contributed by atoms with van der Waals surface area (Å²) in [6.45, 7) is 1.38. The zero-order valence-electron chi connectivity index (χ0n) is 21.8. The number of hydrogen-bond acceptors (Lipinski definition) is 10. The summed E-state index contributed by atoms with van der Waals surface area (Å²) in [5, 5.41) is 27.2. The molecule has 14 N–H and O–H groups in total. The van der Waals surface area contributed by atoms with Gasteiger partial charge in [0, 0.05) is 18.7 Å². The van der Waals surface area contributed by atoms with E-state index in [-0.39, 0.29) is 43.9 Å². The summed E-state index contributed by atoms with van der Waals surface area (Å²) in [6.07, 6.45) is -1.03. The SMILES string of the molecule is C[C@H](NC(=O)[C@@H](N)CCC(N)=O)C(=O)N[C@@H](CS)C(=O)N[C@@H](CCCN=C(N)N)C(=O)N[C@@H](CC(=O)O)C(=O)O. The van der Waals surface area contributed by atoms with E-state index in [9.17, 15) is 38.7 Å². The van der Waals surface area contributed by atoms with Crippen molar-refractivity contribution in [3.05, 3.63) is 0 Å². The number of primary amides is 1. The average molecular weight is 592 g/mol. The molecule has 0 aromatic carbocycles. The molecule has 0 saturated heterocycles. The van der Waals surface area contributed by atoms with E-state index in [1.54, 1.807) is 0 Å². The molecule has 0 aliphatic carbocycles. The molecule has 0 saturated carbocycles. The van der Waals surface area contributed by atoms with Crippen molar-refractivity contribution < 1.29 is 43.8 Å². The molecule has 0 heterocycles. The van der Waals surface area contributed by atoms with Gasteiger partial charge in [-0.2, -0.15) is 12.6 Å². The Hall–Kier alpha value is -4.13. The number of aliphatic imine (C=N–C) groups is 1. The lowest BCUT2D eigenvalue weighted by atomic mass is 10.1. The zero-order valence-corrected chi connectivity index (χ0v) is 22.7. The van der Waals surface area contributed by atoms with Crippen LogP contribution in [0.1, 0.15) is 39.0 Å². The van der Waals surface area contributed by atoms with Crippen LogP contribution in [0.25, 0.3) is 0 Å². The lowest BCUT2D eigenvalue weighted by molar-refractivity contribution is -0.147. The Balaban J connectivity index is 5.42. The van der Waals surface area contributed by atoms with E-state index in [0.717, 1.165) is 0 Å². The molecule has 19 heteroatoms. The van der Waals surface area contributed by atoms with Crippen LogP contribution < -0.4 is 44.2 Å². The van der Waals surface area contributed by atoms with E-state index in [1.807, 2.05) is 0 Å². The van der Waals surface area contributed by atoms with Crippen molar-refractivity contribution in [3.63, 3.8) is 0 Å². The van der Waals surface area contributed by atoms with Gasteiger partial charge in [0.05, 0.1) is 12.5 Å². The van der Waals surface area contributed by atoms with Crippen LogP contribution in [0.2, 0.25) is 0 Å². The number of nitrogens with zero attached hydrogens (tertiary/aromatic N) is 1. The normalized spacial score (nSPS) is 14.3. The van der Waals surface area contributed by atoms with Crippen molar-refractivity contribution in [1.29, 1.82) is 0 Å². The maximum absolute atomic E-state index is 12.9. The Morgan fingerprint density at radius 3 is 1.85 bits per heavy atom. The third-order valence-electron chi connectivity index (χ3n) is 5.18. The predicted molar refractivity (Wildman–Crippen MR) is 143 cm³/mol. The van der Waals surface area contributed by atoms with Gasteiger partial charge in [0.2, 0.25) is 29.5 Å². The Bertz CT molecular complexity index is 975. The third-order valence-corrected chi connectivity index (χ3v) is 5.54. The Morgan fingerprint density at radius 1 is 0.800 bits per heavy atom. The van der Waals surface area contributed by atoms with E-state index in [2.05, 4.69) is 38.9 Å². The Kier molecular flexibility index (Phi) is 16.3. The quantitative estimate of drug-likeness (QED) is 0.0291. The van der Waals surface area contributed by atoms with Crippen LogP contribution in [-0.2, 0) is 33.6 Å². The molecule has 0 aliphatic heterocycles. The number of aliphatic carboxylic acids is 2. The van der Waals surface area contributed by atoms with Crippen LogP contribution in [0.3, 0.4) is 0 Å². The molecule has 0 aromatic heterocycles. The number of nitrogens with two attached hydrogens (primary N) is 4. The van der Waals surface area contributed by atoms with Gasteiger partial charge in [-0.05, 0) is 26.2 Å². The van der Waals surface area contributed by atoms with Gasteiger partial charge < -0.3 is 54.4 Å². The minimum atomic E-state index is -1.78. The van der Waals surface area contributed by atoms with E-state index in [1.165, 1.54) is 6.92 Å². The van der Waals surface area contributed by atoms with Gasteiger partial charge in [-0.25, -0.2) is 4.79 Å². The van der Waals surface area contributed by atoms with Gasteiger partial charge in [-0.1, -0.05) is 0 Å². The summed E-state index contributed by atoms with van der Waals surface area (Å²) in [4.78, 5) is 87.2. The highest BCUT2D eigenvalue weighted by Crippen LogP contribution is 2.04. The van der Waals surface area contributed by atoms with Crippen molar-refractivity contribution >= 4 is 60.1 Å². The topological polar surface area (TPSA) is 325 Å². The maximum Gasteiger partial charge on any atom is 0.326 e. The van der Waals surface area contributed by atoms with E-state index < -0.39 is 78.1 Å². The van der Waals surface area contributed by atoms with Crippen LogP contribution in [-0.4, -0.2) is 100 Å². The van der Waals surface area contributed by atoms with E-state index >= 15 is 0 Å². The number of carboxylic acid groups (broad SMARTS) is 2. The maximum atomic E-state index is 12.9. The monoisotopic (exact) mass is 591 g/mol. The number of carbonyl (C=O) groups is 7. The number of nitrogens with one attached hydrogen (secondary N) is 4. The molecule has 0 aliphatic rings. The lowest BCUT2D eigenvalue weighted by Crippen LogP contribution is -2.58. The molecule has 0 aromatic rings. The number of carbonyl (C=O) groups excluding carboxylic acids is 5. The minimum Gasteiger partial charge on any atom is -0.481 e. The fourth-order valence-electron chi connectivity index (χ4n) is 3.00. The summed E-state index contributed by atoms with van der Waals surface area (Å²) in [6, 6.07) is -6.71. The van der Waals surface area contributed by atoms with Gasteiger partial charge in [0.25, 0.3) is 0 Å². The van der Waals surface area contributed by atoms with Crippen LogP contribution in [0, 0.1) is 0 Å². The summed E-state index contributed by atoms with van der Waals surface area (Å²) in [5.74, 6) is -7.61. The number of amides is 5. The molecule has 18 nitrogen and oxygen atoms in total. The number of rotatable bonds is 19. The molecule has 0 spiro atoms. The molecule has 5 amide bonds. The highest BCUT2D eigenvalue weighted by Gasteiger charge is 2.31. The first-order chi connectivity index (χ1) is 18.6. The van der Waals surface area contributed by atoms with Crippen molar-refractivity contribution in [3.8, 4) is 0 Å². The first-order valence-corrected chi connectivity index (χ1v) is 12.6. The largest absolute Gasteiger partial charge is 0.481 e. The highest BCUT2D eigenvalue weighted by atomic mass is 32.1. The first-order valence-electron chi connectivity index (χ1n) is 11.9. The summed E-state index contributed by atoms with van der Waals surface area (Å²) in [7, 11) is 0. The molecule has 0 fully saturated rings. The van der Waals surface area contributed by atoms with Gasteiger partial charge in [0.15, 0.2) is 5.96 Å². The Morgan fingerprint density at radius 2 is 1.35 bits per heavy atom. The standard InChI is InChI=1S/C21H37N9O9S/c1-9(27-17(35)10(22)4-5-14(23)31)16(34)30-13(8-40)19(37)28-11(3-2-6-26-21(24)25)18(36)29-12(20(38)39)7-15(32)33/h9-13,40H,2-8,22H2,1H3,(H2,23,31)(H,27,35)(H,28,37)(H,29,36)(H,30,34)(H,32,33)(H,38,39)(H4,24,25,26)/t9-,10-,11-,12-,13-/m0/s1. The molecule has 0 unspecified atom stereocenters. The molecule has 0 rings (SSSR count). The third kappa shape index (κ3) is 14.7. The first kappa shape index (κ1) is 35.9. The average Bonchev–Trinajstić information content (AvgIpc) is 2.85. The smallest absolute Gasteiger partial charge is 0.326 e. The number of thiol groups is 1. The minimum absolute atomic E-state index is 0.0426. The lowest BCUT2D eigenvalue weighted by Gasteiger charge is -2.24. The number of carboxylic acids is 2. The molecule has 0 radical (unpaired) electrons. The van der Waals surface area contributed by atoms with Crippen LogP contribution in [0.5, 0.6) is 0 Å². The predicted octanol–water partition coefficient (Wildman–Crippen LogP) is -4.92. The van der Waals surface area contributed by atoms with Crippen molar-refractivity contribution in [2.45, 2.75) is 69.2 Å². The molecule has 0 bridgehead atoms. The summed E-state index contributed by atoms with van der Waals surface area (Å²) >= 11 is 4.03. The molecule has 226 valence electrons. The van der Waals surface area contributed by atoms with Crippen molar-refractivity contribution in [1.82, 2.24) is 21.3 Å². The molecular formula is C21H37N9O9S. The molecular weight excluding hydrogens is 554 g/mol. The number of hydrogen-bond donors (Lipinski definition) is 11. The van der Waals surface area contributed by atoms with Gasteiger partial charge in [-0.15, -0.1) is 0 Å². The van der Waals surface area contributed by atoms with E-state index in [4.69, 9.17) is 28.0 Å². The number of guanidine groups is 1. The Labute approximate surface area is 234 Å². The molecule has 40 heavy (non-hydrogen) atoms. The fourth-order valence-corrected chi connectivity index (χ4v) is 3.25. The van der Waals surface area contributed by atoms with Gasteiger partial charge >= 0.3 is 11.9 Å². The van der Waals surface area contributed by atoms with Gasteiger partial charge in [-0.3, -0.25) is 33.8 Å². The highest BCUT2D eigenvalue weighted by molar-refractivity contribution is 7.80. The second kappa shape index (κ2) is 18.2. The molecule has 5 atom stereocenters. The van der Waals surface area contributed by atoms with Crippen molar-refractivity contribution in [2.75, 3.05) is 12.3 Å². The van der Waals surface area contributed by atoms with Crippen LogP contribution >= 0.6 is 12.6 Å². The second-order valence-electron chi connectivity index (χ2n) is 8.59. The summed E-state index contributed by atoms with van der Waals surface area (Å²) in [5.41, 5.74) is 21.2. The van der Waals surface area contributed by atoms with Crippen LogP contribution in [0.15, 0.2) is 4.99 Å². The summed E-state index contributed by atoms with van der Waals surface area (Å²) < 4.78 is 0.